The van der Waals surface area contributed by atoms with E-state index in [1.807, 2.05) is 12.1 Å². The van der Waals surface area contributed by atoms with Crippen LogP contribution in [0, 0.1) is 23.7 Å². The number of benzene rings is 1. The zero-order chi connectivity index (χ0) is 12.3. The van der Waals surface area contributed by atoms with Crippen molar-refractivity contribution in [1.29, 1.82) is 5.26 Å². The van der Waals surface area contributed by atoms with Crippen LogP contribution in [-0.2, 0) is 0 Å². The van der Waals surface area contributed by atoms with Gasteiger partial charge in [-0.05, 0) is 49.3 Å². The van der Waals surface area contributed by atoms with Gasteiger partial charge < -0.3 is 5.32 Å². The molecule has 1 fully saturated rings. The second kappa shape index (κ2) is 4.79. The minimum absolute atomic E-state index is 0.519. The number of nitriles is 1. The Bertz CT molecular complexity index is 439. The monoisotopic (exact) mass is 228 g/mol. The first-order valence-corrected chi connectivity index (χ1v) is 6.44. The summed E-state index contributed by atoms with van der Waals surface area (Å²) >= 11 is 0. The number of aryl methyl sites for hydroxylation is 1. The number of nitrogens with one attached hydrogen (secondary N) is 1. The van der Waals surface area contributed by atoms with E-state index in [0.29, 0.717) is 5.41 Å². The van der Waals surface area contributed by atoms with Crippen LogP contribution in [0.3, 0.4) is 0 Å². The summed E-state index contributed by atoms with van der Waals surface area (Å²) in [4.78, 5) is 0. The van der Waals surface area contributed by atoms with Crippen molar-refractivity contribution in [2.75, 3.05) is 11.9 Å². The Labute approximate surface area is 104 Å². The van der Waals surface area contributed by atoms with Crippen LogP contribution in [0.4, 0.5) is 5.69 Å². The molecule has 0 saturated heterocycles. The van der Waals surface area contributed by atoms with Crippen molar-refractivity contribution < 1.29 is 0 Å². The molecule has 0 amide bonds. The number of anilines is 1. The van der Waals surface area contributed by atoms with E-state index in [-0.39, 0.29) is 0 Å². The van der Waals surface area contributed by atoms with Crippen molar-refractivity contribution in [1.82, 2.24) is 0 Å². The zero-order valence-corrected chi connectivity index (χ0v) is 10.7. The van der Waals surface area contributed by atoms with E-state index < -0.39 is 0 Å². The molecule has 2 rings (SSSR count). The first-order valence-electron chi connectivity index (χ1n) is 6.44. The van der Waals surface area contributed by atoms with Gasteiger partial charge in [-0.1, -0.05) is 19.4 Å². The van der Waals surface area contributed by atoms with Crippen molar-refractivity contribution in [3.05, 3.63) is 29.3 Å². The molecule has 0 radical (unpaired) electrons. The first-order chi connectivity index (χ1) is 8.19. The topological polar surface area (TPSA) is 35.8 Å². The van der Waals surface area contributed by atoms with Crippen LogP contribution in [0.2, 0.25) is 0 Å². The molecule has 1 aromatic carbocycles. The molecule has 2 heteroatoms. The van der Waals surface area contributed by atoms with Crippen LogP contribution in [0.15, 0.2) is 18.2 Å². The lowest BCUT2D eigenvalue weighted by atomic mass is 10.0. The summed E-state index contributed by atoms with van der Waals surface area (Å²) in [6.45, 7) is 5.32. The van der Waals surface area contributed by atoms with Gasteiger partial charge in [0.25, 0.3) is 0 Å². The minimum Gasteiger partial charge on any atom is -0.383 e. The van der Waals surface area contributed by atoms with E-state index in [2.05, 4.69) is 31.3 Å². The molecule has 0 bridgehead atoms. The Morgan fingerprint density at radius 2 is 2.18 bits per heavy atom. The lowest BCUT2D eigenvalue weighted by molar-refractivity contribution is 0.485. The van der Waals surface area contributed by atoms with Gasteiger partial charge in [-0.25, -0.2) is 0 Å². The van der Waals surface area contributed by atoms with Crippen molar-refractivity contribution in [3.63, 3.8) is 0 Å². The van der Waals surface area contributed by atoms with Gasteiger partial charge in [0.05, 0.1) is 11.3 Å². The summed E-state index contributed by atoms with van der Waals surface area (Å²) in [5.41, 5.74) is 3.47. The van der Waals surface area contributed by atoms with Gasteiger partial charge in [0.1, 0.15) is 6.07 Å². The summed E-state index contributed by atoms with van der Waals surface area (Å²) in [6.07, 6.45) is 5.22. The number of hydrogen-bond acceptors (Lipinski definition) is 2. The van der Waals surface area contributed by atoms with Crippen LogP contribution in [0.25, 0.3) is 0 Å². The van der Waals surface area contributed by atoms with E-state index in [4.69, 9.17) is 5.26 Å². The highest BCUT2D eigenvalue weighted by Gasteiger charge is 2.41. The Morgan fingerprint density at radius 3 is 2.76 bits per heavy atom. The molecule has 0 aromatic heterocycles. The molecule has 0 heterocycles. The highest BCUT2D eigenvalue weighted by atomic mass is 14.9. The molecule has 90 valence electrons. The fraction of sp³-hybridized carbons (Fsp3) is 0.533. The predicted octanol–water partition coefficient (Wildman–Crippen LogP) is 3.86. The second-order valence-corrected chi connectivity index (χ2v) is 5.26. The molecule has 1 aromatic rings. The Kier molecular flexibility index (Phi) is 3.38. The van der Waals surface area contributed by atoms with E-state index in [0.717, 1.165) is 17.8 Å². The molecule has 1 saturated carbocycles. The van der Waals surface area contributed by atoms with Crippen LogP contribution in [0.5, 0.6) is 0 Å². The van der Waals surface area contributed by atoms with Crippen molar-refractivity contribution in [2.45, 2.75) is 39.5 Å². The average molecular weight is 228 g/mol. The van der Waals surface area contributed by atoms with E-state index >= 15 is 0 Å². The predicted molar refractivity (Wildman–Crippen MR) is 71.0 cm³/mol. The second-order valence-electron chi connectivity index (χ2n) is 5.26. The fourth-order valence-corrected chi connectivity index (χ4v) is 2.41. The smallest absolute Gasteiger partial charge is 0.101 e. The fourth-order valence-electron chi connectivity index (χ4n) is 2.41. The molecule has 0 aliphatic heterocycles. The van der Waals surface area contributed by atoms with Crippen LogP contribution in [0.1, 0.15) is 43.7 Å². The SMILES string of the molecule is CCCC1(CNc2cc(C)ccc2C#N)CC1. The van der Waals surface area contributed by atoms with Gasteiger partial charge in [-0.15, -0.1) is 0 Å². The highest BCUT2D eigenvalue weighted by Crippen LogP contribution is 2.49. The number of hydrogen-bond donors (Lipinski definition) is 1. The van der Waals surface area contributed by atoms with Crippen LogP contribution >= 0.6 is 0 Å². The number of rotatable bonds is 5. The third kappa shape index (κ3) is 2.79. The summed E-state index contributed by atoms with van der Waals surface area (Å²) < 4.78 is 0. The first kappa shape index (κ1) is 12.0. The van der Waals surface area contributed by atoms with Crippen LogP contribution < -0.4 is 5.32 Å². The van der Waals surface area contributed by atoms with Gasteiger partial charge in [-0.2, -0.15) is 5.26 Å². The van der Waals surface area contributed by atoms with E-state index in [1.54, 1.807) is 0 Å². The van der Waals surface area contributed by atoms with Gasteiger partial charge in [0.15, 0.2) is 0 Å². The van der Waals surface area contributed by atoms with Crippen molar-refractivity contribution in [2.24, 2.45) is 5.41 Å². The van der Waals surface area contributed by atoms with E-state index in [9.17, 15) is 0 Å². The summed E-state index contributed by atoms with van der Waals surface area (Å²) in [7, 11) is 0. The number of nitrogens with zero attached hydrogens (tertiary/aromatic N) is 1. The molecule has 0 spiro atoms. The molecule has 17 heavy (non-hydrogen) atoms. The molecule has 0 unspecified atom stereocenters. The third-order valence-electron chi connectivity index (χ3n) is 3.69. The lowest BCUT2D eigenvalue weighted by Gasteiger charge is -2.16. The molecule has 1 aliphatic rings. The van der Waals surface area contributed by atoms with Gasteiger partial charge in [0, 0.05) is 6.54 Å². The van der Waals surface area contributed by atoms with Gasteiger partial charge in [-0.3, -0.25) is 0 Å². The standard InChI is InChI=1S/C15H20N2/c1-3-6-15(7-8-15)11-17-14-9-12(2)4-5-13(14)10-16/h4-5,9,17H,3,6-8,11H2,1-2H3. The third-order valence-corrected chi connectivity index (χ3v) is 3.69. The molecule has 2 nitrogen and oxygen atoms in total. The zero-order valence-electron chi connectivity index (χ0n) is 10.7. The lowest BCUT2D eigenvalue weighted by Crippen LogP contribution is -2.15. The Morgan fingerprint density at radius 1 is 1.41 bits per heavy atom. The van der Waals surface area contributed by atoms with Crippen LogP contribution in [-0.4, -0.2) is 6.54 Å². The molecular formula is C15H20N2. The van der Waals surface area contributed by atoms with Crippen molar-refractivity contribution in [3.8, 4) is 6.07 Å². The van der Waals surface area contributed by atoms with Gasteiger partial charge >= 0.3 is 0 Å². The normalized spacial score (nSPS) is 16.3. The molecule has 1 N–H and O–H groups in total. The van der Waals surface area contributed by atoms with Gasteiger partial charge in [0.2, 0.25) is 0 Å². The maximum absolute atomic E-state index is 9.07. The largest absolute Gasteiger partial charge is 0.383 e. The minimum atomic E-state index is 0.519. The molecular weight excluding hydrogens is 208 g/mol. The maximum Gasteiger partial charge on any atom is 0.101 e. The summed E-state index contributed by atoms with van der Waals surface area (Å²) in [5, 5.41) is 12.5. The average Bonchev–Trinajstić information content (AvgIpc) is 3.08. The molecule has 0 atom stereocenters. The molecule has 1 aliphatic carbocycles. The quantitative estimate of drug-likeness (QED) is 0.830. The van der Waals surface area contributed by atoms with Crippen molar-refractivity contribution >= 4 is 5.69 Å². The summed E-state index contributed by atoms with van der Waals surface area (Å²) in [5.74, 6) is 0. The highest BCUT2D eigenvalue weighted by molar-refractivity contribution is 5.59. The summed E-state index contributed by atoms with van der Waals surface area (Å²) in [6, 6.07) is 8.21. The Hall–Kier alpha value is -1.49. The maximum atomic E-state index is 9.07. The Balaban J connectivity index is 2.04. The van der Waals surface area contributed by atoms with E-state index in [1.165, 1.54) is 31.2 Å².